The second-order valence-electron chi connectivity index (χ2n) is 4.00. The molecule has 0 atom stereocenters. The Morgan fingerprint density at radius 2 is 2.15 bits per heavy atom. The minimum Gasteiger partial charge on any atom is -0.487 e. The van der Waals surface area contributed by atoms with Gasteiger partial charge in [0.2, 0.25) is 5.76 Å². The molecule has 104 valence electrons. The van der Waals surface area contributed by atoms with Crippen molar-refractivity contribution in [2.45, 2.75) is 6.92 Å². The monoisotopic (exact) mass is 291 g/mol. The van der Waals surface area contributed by atoms with Crippen molar-refractivity contribution in [3.05, 3.63) is 42.1 Å². The van der Waals surface area contributed by atoms with E-state index in [9.17, 15) is 4.79 Å². The molecule has 1 aromatic heterocycles. The number of aromatic nitrogens is 1. The summed E-state index contributed by atoms with van der Waals surface area (Å²) in [5.74, 6) is 0.460. The van der Waals surface area contributed by atoms with E-state index in [4.69, 9.17) is 27.1 Å². The van der Waals surface area contributed by atoms with Crippen LogP contribution in [-0.2, 0) is 0 Å². The first-order chi connectivity index (χ1) is 9.56. The van der Waals surface area contributed by atoms with Gasteiger partial charge in [-0.25, -0.2) is 4.98 Å². The molecule has 1 heterocycles. The predicted molar refractivity (Wildman–Crippen MR) is 77.9 cm³/mol. The average molecular weight is 291 g/mol. The number of nitrogens with one attached hydrogen (secondary N) is 1. The van der Waals surface area contributed by atoms with E-state index in [-0.39, 0.29) is 23.3 Å². The smallest absolute Gasteiger partial charge is 0.293 e. The molecular weight excluding hydrogens is 278 g/mol. The van der Waals surface area contributed by atoms with Crippen molar-refractivity contribution in [2.24, 2.45) is 5.73 Å². The Kier molecular flexibility index (Phi) is 4.31. The van der Waals surface area contributed by atoms with Crippen LogP contribution >= 0.6 is 12.2 Å². The molecule has 2 rings (SSSR count). The maximum atomic E-state index is 11.9. The summed E-state index contributed by atoms with van der Waals surface area (Å²) < 4.78 is 10.3. The van der Waals surface area contributed by atoms with E-state index in [0.29, 0.717) is 17.1 Å². The highest BCUT2D eigenvalue weighted by atomic mass is 32.1. The molecule has 0 aliphatic heterocycles. The summed E-state index contributed by atoms with van der Waals surface area (Å²) in [5, 5.41) is 2.70. The topological polar surface area (TPSA) is 90.4 Å². The number of nitrogens with two attached hydrogens (primary N) is 1. The summed E-state index contributed by atoms with van der Waals surface area (Å²) in [7, 11) is 0. The first-order valence-corrected chi connectivity index (χ1v) is 6.19. The van der Waals surface area contributed by atoms with Crippen molar-refractivity contribution >= 4 is 28.8 Å². The number of hydrogen-bond acceptors (Lipinski definition) is 5. The van der Waals surface area contributed by atoms with Gasteiger partial charge < -0.3 is 20.2 Å². The van der Waals surface area contributed by atoms with Crippen LogP contribution in [0, 0.1) is 6.92 Å². The molecule has 0 fully saturated rings. The lowest BCUT2D eigenvalue weighted by molar-refractivity contribution is 0.0996. The summed E-state index contributed by atoms with van der Waals surface area (Å²) in [4.78, 5) is 16.0. The zero-order chi connectivity index (χ0) is 14.5. The fraction of sp³-hybridized carbons (Fsp3) is 0.154. The first kappa shape index (κ1) is 14.0. The van der Waals surface area contributed by atoms with E-state index in [0.717, 1.165) is 0 Å². The highest BCUT2D eigenvalue weighted by Gasteiger charge is 2.13. The Balaban J connectivity index is 1.99. The third kappa shape index (κ3) is 3.55. The van der Waals surface area contributed by atoms with Crippen LogP contribution in [0.4, 0.5) is 5.69 Å². The molecule has 7 heteroatoms. The summed E-state index contributed by atoms with van der Waals surface area (Å²) in [5.41, 5.74) is 6.50. The van der Waals surface area contributed by atoms with E-state index in [1.54, 1.807) is 31.2 Å². The minimum atomic E-state index is -0.350. The lowest BCUT2D eigenvalue weighted by Crippen LogP contribution is -2.17. The number of benzene rings is 1. The molecule has 0 bridgehead atoms. The summed E-state index contributed by atoms with van der Waals surface area (Å²) in [6.07, 6.45) is 1.23. The zero-order valence-corrected chi connectivity index (χ0v) is 11.6. The maximum Gasteiger partial charge on any atom is 0.293 e. The number of carbonyl (C=O) groups is 1. The van der Waals surface area contributed by atoms with Gasteiger partial charge in [-0.15, -0.1) is 0 Å². The van der Waals surface area contributed by atoms with E-state index < -0.39 is 0 Å². The van der Waals surface area contributed by atoms with Gasteiger partial charge in [0, 0.05) is 5.69 Å². The van der Waals surface area contributed by atoms with Crippen LogP contribution in [0.3, 0.4) is 0 Å². The summed E-state index contributed by atoms with van der Waals surface area (Å²) in [6, 6.07) is 6.83. The molecule has 3 N–H and O–H groups in total. The Labute approximate surface area is 120 Å². The number of thiocarbonyl (C=S) groups is 1. The molecule has 0 radical (unpaired) electrons. The highest BCUT2D eigenvalue weighted by molar-refractivity contribution is 7.80. The van der Waals surface area contributed by atoms with Gasteiger partial charge in [-0.3, -0.25) is 4.79 Å². The summed E-state index contributed by atoms with van der Waals surface area (Å²) in [6.45, 7) is 1.88. The van der Waals surface area contributed by atoms with E-state index in [1.165, 1.54) is 6.39 Å². The lowest BCUT2D eigenvalue weighted by Gasteiger charge is -2.07. The molecule has 0 unspecified atom stereocenters. The molecule has 0 aliphatic rings. The van der Waals surface area contributed by atoms with Gasteiger partial charge >= 0.3 is 0 Å². The van der Waals surface area contributed by atoms with Crippen molar-refractivity contribution in [1.82, 2.24) is 4.98 Å². The molecule has 2 aromatic rings. The number of carbonyl (C=O) groups excluding carboxylic acids is 1. The molecular formula is C13H13N3O3S. The number of anilines is 1. The van der Waals surface area contributed by atoms with Crippen molar-refractivity contribution in [3.63, 3.8) is 0 Å². The number of oxazole rings is 1. The zero-order valence-electron chi connectivity index (χ0n) is 10.8. The number of ether oxygens (including phenoxy) is 1. The van der Waals surface area contributed by atoms with Crippen LogP contribution in [0.15, 0.2) is 35.1 Å². The number of aryl methyl sites for hydroxylation is 1. The van der Waals surface area contributed by atoms with Crippen LogP contribution in [-0.4, -0.2) is 22.5 Å². The van der Waals surface area contributed by atoms with E-state index >= 15 is 0 Å². The lowest BCUT2D eigenvalue weighted by atomic mass is 10.3. The first-order valence-electron chi connectivity index (χ1n) is 5.79. The SMILES string of the molecule is Cc1ncoc1C(=O)Nc1ccc(OCC(N)=S)cc1. The number of nitrogens with zero attached hydrogens (tertiary/aromatic N) is 1. The number of amides is 1. The fourth-order valence-corrected chi connectivity index (χ4v) is 1.56. The second kappa shape index (κ2) is 6.16. The van der Waals surface area contributed by atoms with E-state index in [2.05, 4.69) is 10.3 Å². The van der Waals surface area contributed by atoms with Gasteiger partial charge in [0.15, 0.2) is 6.39 Å². The third-order valence-corrected chi connectivity index (χ3v) is 2.56. The van der Waals surface area contributed by atoms with Crippen LogP contribution in [0.5, 0.6) is 5.75 Å². The average Bonchev–Trinajstić information content (AvgIpc) is 2.84. The van der Waals surface area contributed by atoms with Crippen LogP contribution in [0.25, 0.3) is 0 Å². The van der Waals surface area contributed by atoms with E-state index in [1.807, 2.05) is 0 Å². The van der Waals surface area contributed by atoms with Crippen molar-refractivity contribution in [3.8, 4) is 5.75 Å². The van der Waals surface area contributed by atoms with Crippen molar-refractivity contribution in [2.75, 3.05) is 11.9 Å². The normalized spacial score (nSPS) is 10.1. The van der Waals surface area contributed by atoms with Gasteiger partial charge in [0.05, 0.1) is 5.69 Å². The third-order valence-electron chi connectivity index (χ3n) is 2.45. The Hall–Kier alpha value is -2.41. The standard InChI is InChI=1S/C13H13N3O3S/c1-8-12(19-7-15-8)13(17)16-9-2-4-10(5-3-9)18-6-11(14)20/h2-5,7H,6H2,1H3,(H2,14,20)(H,16,17). The molecule has 1 amide bonds. The van der Waals surface area contributed by atoms with Gasteiger partial charge in [-0.2, -0.15) is 0 Å². The maximum absolute atomic E-state index is 11.9. The Morgan fingerprint density at radius 3 is 2.70 bits per heavy atom. The molecule has 0 saturated heterocycles. The molecule has 20 heavy (non-hydrogen) atoms. The minimum absolute atomic E-state index is 0.179. The predicted octanol–water partition coefficient (Wildman–Crippen LogP) is 1.90. The van der Waals surface area contributed by atoms with Crippen LogP contribution in [0.2, 0.25) is 0 Å². The molecule has 6 nitrogen and oxygen atoms in total. The van der Waals surface area contributed by atoms with Crippen LogP contribution in [0.1, 0.15) is 16.2 Å². The van der Waals surface area contributed by atoms with Gasteiger partial charge in [-0.1, -0.05) is 12.2 Å². The Morgan fingerprint density at radius 1 is 1.45 bits per heavy atom. The highest BCUT2D eigenvalue weighted by Crippen LogP contribution is 2.17. The Bertz CT molecular complexity index is 622. The fourth-order valence-electron chi connectivity index (χ4n) is 1.50. The second-order valence-corrected chi connectivity index (χ2v) is 4.52. The van der Waals surface area contributed by atoms with Crippen molar-refractivity contribution in [1.29, 1.82) is 0 Å². The summed E-state index contributed by atoms with van der Waals surface area (Å²) >= 11 is 4.71. The molecule has 1 aromatic carbocycles. The molecule has 0 spiro atoms. The van der Waals surface area contributed by atoms with Crippen LogP contribution < -0.4 is 15.8 Å². The molecule has 0 saturated carbocycles. The largest absolute Gasteiger partial charge is 0.487 e. The van der Waals surface area contributed by atoms with Crippen molar-refractivity contribution < 1.29 is 13.9 Å². The molecule has 0 aliphatic carbocycles. The number of rotatable bonds is 5. The van der Waals surface area contributed by atoms with Gasteiger partial charge in [0.25, 0.3) is 5.91 Å². The van der Waals surface area contributed by atoms with Gasteiger partial charge in [0.1, 0.15) is 17.3 Å². The van der Waals surface area contributed by atoms with Gasteiger partial charge in [-0.05, 0) is 31.2 Å². The number of hydrogen-bond donors (Lipinski definition) is 2. The quantitative estimate of drug-likeness (QED) is 0.818.